The van der Waals surface area contributed by atoms with Gasteiger partial charge in [-0.05, 0) is 73.8 Å². The van der Waals surface area contributed by atoms with E-state index in [1.54, 1.807) is 0 Å². The van der Waals surface area contributed by atoms with Crippen molar-refractivity contribution in [1.82, 2.24) is 0 Å². The lowest BCUT2D eigenvalue weighted by molar-refractivity contribution is -0.116. The van der Waals surface area contributed by atoms with Crippen LogP contribution in [0.5, 0.6) is 0 Å². The second kappa shape index (κ2) is 5.30. The van der Waals surface area contributed by atoms with E-state index >= 15 is 0 Å². The molecule has 0 aromatic heterocycles. The Morgan fingerprint density at radius 1 is 1.38 bits per heavy atom. The summed E-state index contributed by atoms with van der Waals surface area (Å²) in [6.07, 6.45) is 13.6. The molecule has 0 amide bonds. The molecule has 0 heterocycles. The number of fused-ring (bicyclic) bond motifs is 5. The van der Waals surface area contributed by atoms with Gasteiger partial charge in [0.1, 0.15) is 5.60 Å². The summed E-state index contributed by atoms with van der Waals surface area (Å²) in [6.45, 7) is 2.06. The summed E-state index contributed by atoms with van der Waals surface area (Å²) < 4.78 is 13.9. The highest BCUT2D eigenvalue weighted by atomic mass is 19.1. The maximum Gasteiger partial charge on any atom is 0.155 e. The minimum atomic E-state index is -1.13. The van der Waals surface area contributed by atoms with E-state index in [-0.39, 0.29) is 11.7 Å². The quantitative estimate of drug-likeness (QED) is 0.684. The lowest BCUT2D eigenvalue weighted by atomic mass is 9.49. The Labute approximate surface area is 143 Å². The minimum absolute atomic E-state index is 0.182. The number of terminal acetylenes is 1. The number of hydrogen-bond acceptors (Lipinski definition) is 2. The van der Waals surface area contributed by atoms with Crippen molar-refractivity contribution in [2.45, 2.75) is 57.5 Å². The highest BCUT2D eigenvalue weighted by Gasteiger charge is 2.63. The molecule has 3 fully saturated rings. The molecule has 0 aromatic rings. The van der Waals surface area contributed by atoms with E-state index in [0.29, 0.717) is 37.0 Å². The van der Waals surface area contributed by atoms with Crippen molar-refractivity contribution in [2.24, 2.45) is 29.1 Å². The third-order valence-electron chi connectivity index (χ3n) is 7.66. The van der Waals surface area contributed by atoms with Crippen molar-refractivity contribution >= 4 is 5.78 Å². The van der Waals surface area contributed by atoms with Gasteiger partial charge in [0.2, 0.25) is 0 Å². The van der Waals surface area contributed by atoms with Crippen molar-refractivity contribution in [3.05, 3.63) is 23.6 Å². The van der Waals surface area contributed by atoms with Gasteiger partial charge >= 0.3 is 0 Å². The Morgan fingerprint density at radius 3 is 2.88 bits per heavy atom. The van der Waals surface area contributed by atoms with Gasteiger partial charge in [0.25, 0.3) is 0 Å². The summed E-state index contributed by atoms with van der Waals surface area (Å²) in [4.78, 5) is 11.8. The molecule has 4 aliphatic carbocycles. The van der Waals surface area contributed by atoms with Crippen molar-refractivity contribution in [3.63, 3.8) is 0 Å². The molecule has 4 rings (SSSR count). The van der Waals surface area contributed by atoms with Gasteiger partial charge in [0, 0.05) is 11.8 Å². The number of carbonyl (C=O) groups excluding carboxylic acids is 1. The fourth-order valence-electron chi connectivity index (χ4n) is 6.46. The average molecular weight is 328 g/mol. The molecule has 2 nitrogen and oxygen atoms in total. The summed E-state index contributed by atoms with van der Waals surface area (Å²) in [5, 5.41) is 11.0. The van der Waals surface area contributed by atoms with Crippen molar-refractivity contribution in [2.75, 3.05) is 0 Å². The Bertz CT molecular complexity index is 684. The Kier molecular flexibility index (Phi) is 3.55. The van der Waals surface area contributed by atoms with Crippen LogP contribution < -0.4 is 0 Å². The van der Waals surface area contributed by atoms with Crippen LogP contribution in [0.4, 0.5) is 4.39 Å². The zero-order chi connectivity index (χ0) is 17.1. The largest absolute Gasteiger partial charge is 0.377 e. The van der Waals surface area contributed by atoms with E-state index in [9.17, 15) is 14.3 Å². The summed E-state index contributed by atoms with van der Waals surface area (Å²) >= 11 is 0. The molecule has 128 valence electrons. The number of halogens is 1. The Balaban J connectivity index is 1.76. The molecular weight excluding hydrogens is 303 g/mol. The highest BCUT2D eigenvalue weighted by Crippen LogP contribution is 2.66. The van der Waals surface area contributed by atoms with Crippen LogP contribution in [0.2, 0.25) is 0 Å². The van der Waals surface area contributed by atoms with Crippen LogP contribution in [0.25, 0.3) is 0 Å². The molecule has 3 saturated carbocycles. The molecule has 0 aliphatic heterocycles. The average Bonchev–Trinajstić information content (AvgIpc) is 2.85. The maximum atomic E-state index is 13.9. The zero-order valence-electron chi connectivity index (χ0n) is 14.2. The van der Waals surface area contributed by atoms with Crippen LogP contribution in [0.15, 0.2) is 23.6 Å². The molecule has 0 saturated heterocycles. The van der Waals surface area contributed by atoms with Gasteiger partial charge < -0.3 is 5.11 Å². The molecule has 1 N–H and O–H groups in total. The van der Waals surface area contributed by atoms with Gasteiger partial charge in [-0.1, -0.05) is 18.4 Å². The Morgan fingerprint density at radius 2 is 2.17 bits per heavy atom. The SMILES string of the molecule is C#C[C@]1(O)CC[C@H]2[C@@H]3CCC4=CC(=O)CC[C@@H]4[C@H]3/C(=C\F)C[C@@]21C. The summed E-state index contributed by atoms with van der Waals surface area (Å²) in [5.74, 6) is 4.03. The smallest absolute Gasteiger partial charge is 0.155 e. The van der Waals surface area contributed by atoms with Gasteiger partial charge in [-0.25, -0.2) is 4.39 Å². The molecule has 6 atom stereocenters. The van der Waals surface area contributed by atoms with E-state index in [4.69, 9.17) is 6.42 Å². The van der Waals surface area contributed by atoms with E-state index < -0.39 is 11.0 Å². The first-order valence-electron chi connectivity index (χ1n) is 9.16. The van der Waals surface area contributed by atoms with Gasteiger partial charge in [-0.15, -0.1) is 6.42 Å². The van der Waals surface area contributed by atoms with E-state index in [1.807, 2.05) is 6.08 Å². The molecule has 0 bridgehead atoms. The topological polar surface area (TPSA) is 37.3 Å². The van der Waals surface area contributed by atoms with Crippen molar-refractivity contribution in [1.29, 1.82) is 0 Å². The van der Waals surface area contributed by atoms with Gasteiger partial charge in [-0.2, -0.15) is 0 Å². The number of ketones is 1. The van der Waals surface area contributed by atoms with Gasteiger partial charge in [0.15, 0.2) is 5.78 Å². The normalized spacial score (nSPS) is 49.0. The summed E-state index contributed by atoms with van der Waals surface area (Å²) in [7, 11) is 0. The molecule has 0 aromatic carbocycles. The fourth-order valence-corrected chi connectivity index (χ4v) is 6.46. The predicted octanol–water partition coefficient (Wildman–Crippen LogP) is 3.96. The van der Waals surface area contributed by atoms with Crippen molar-refractivity contribution in [3.8, 4) is 12.3 Å². The van der Waals surface area contributed by atoms with Crippen LogP contribution in [0, 0.1) is 41.4 Å². The zero-order valence-corrected chi connectivity index (χ0v) is 14.2. The van der Waals surface area contributed by atoms with Crippen molar-refractivity contribution < 1.29 is 14.3 Å². The fraction of sp³-hybridized carbons (Fsp3) is 0.667. The molecule has 4 aliphatic rings. The van der Waals surface area contributed by atoms with Crippen LogP contribution in [-0.2, 0) is 4.79 Å². The third-order valence-corrected chi connectivity index (χ3v) is 7.66. The molecule has 0 unspecified atom stereocenters. The summed E-state index contributed by atoms with van der Waals surface area (Å²) in [6, 6.07) is 0. The second-order valence-electron chi connectivity index (χ2n) is 8.49. The lowest BCUT2D eigenvalue weighted by Gasteiger charge is -2.55. The number of allylic oxidation sites excluding steroid dienone is 2. The predicted molar refractivity (Wildman–Crippen MR) is 90.4 cm³/mol. The number of aliphatic hydroxyl groups is 1. The molecule has 3 heteroatoms. The van der Waals surface area contributed by atoms with Gasteiger partial charge in [0.05, 0.1) is 6.33 Å². The number of carbonyl (C=O) groups is 1. The van der Waals surface area contributed by atoms with Crippen LogP contribution in [-0.4, -0.2) is 16.5 Å². The second-order valence-corrected chi connectivity index (χ2v) is 8.49. The maximum absolute atomic E-state index is 13.9. The summed E-state index contributed by atoms with van der Waals surface area (Å²) in [5.41, 5.74) is 0.460. The van der Waals surface area contributed by atoms with Crippen LogP contribution in [0.1, 0.15) is 51.9 Å². The third kappa shape index (κ3) is 1.96. The molecule has 0 spiro atoms. The standard InChI is InChI=1S/C21H25FO2/c1-3-21(24)9-8-18-17-6-4-13-10-15(23)5-7-16(13)19(17)14(12-22)11-20(18,21)2/h1,10,12,16-19,24H,4-9,11H2,2H3/b14-12-/t16-,17-,18-,19+,20-,21-/m0/s1. The Hall–Kier alpha value is -1.40. The number of hydrogen-bond donors (Lipinski definition) is 1. The van der Waals surface area contributed by atoms with E-state index in [1.165, 1.54) is 5.57 Å². The van der Waals surface area contributed by atoms with Crippen LogP contribution >= 0.6 is 0 Å². The first-order chi connectivity index (χ1) is 11.4. The number of rotatable bonds is 0. The molecular formula is C21H25FO2. The minimum Gasteiger partial charge on any atom is -0.377 e. The first-order valence-corrected chi connectivity index (χ1v) is 9.16. The van der Waals surface area contributed by atoms with E-state index in [2.05, 4.69) is 12.8 Å². The monoisotopic (exact) mass is 328 g/mol. The first kappa shape index (κ1) is 16.1. The molecule has 0 radical (unpaired) electrons. The van der Waals surface area contributed by atoms with E-state index in [0.717, 1.165) is 37.6 Å². The van der Waals surface area contributed by atoms with Crippen LogP contribution in [0.3, 0.4) is 0 Å². The van der Waals surface area contributed by atoms with Gasteiger partial charge in [-0.3, -0.25) is 4.79 Å². The molecule has 24 heavy (non-hydrogen) atoms. The highest BCUT2D eigenvalue weighted by molar-refractivity contribution is 5.91. The lowest BCUT2D eigenvalue weighted by Crippen LogP contribution is -2.53.